The number of nitrogens with one attached hydrogen (secondary N) is 1. The van der Waals surface area contributed by atoms with Crippen molar-refractivity contribution in [3.63, 3.8) is 0 Å². The third-order valence-electron chi connectivity index (χ3n) is 2.51. The van der Waals surface area contributed by atoms with Crippen molar-refractivity contribution >= 4 is 23.1 Å². The number of rotatable bonds is 2. The first-order valence-corrected chi connectivity index (χ1v) is 5.74. The molecular weight excluding hydrogens is 220 g/mol. The average Bonchev–Trinajstić information content (AvgIpc) is 2.78. The molecule has 0 atom stereocenters. The fraction of sp³-hybridized carbons (Fsp3) is 0.167. The molecule has 0 bridgehead atoms. The molecule has 0 saturated heterocycles. The van der Waals surface area contributed by atoms with Crippen molar-refractivity contribution in [2.75, 3.05) is 5.32 Å². The molecule has 0 unspecified atom stereocenters. The standard InChI is InChI=1S/C12H12N2OS/c1-8-4-3-5-10(9(8)2)14-12(15)11-6-7-13-16-11/h3-7H,1-2H3,(H,14,15). The van der Waals surface area contributed by atoms with E-state index in [1.807, 2.05) is 32.0 Å². The first-order chi connectivity index (χ1) is 7.68. The van der Waals surface area contributed by atoms with Gasteiger partial charge in [-0.2, -0.15) is 0 Å². The van der Waals surface area contributed by atoms with Crippen molar-refractivity contribution in [1.82, 2.24) is 4.37 Å². The number of nitrogens with zero attached hydrogens (tertiary/aromatic N) is 1. The molecule has 16 heavy (non-hydrogen) atoms. The summed E-state index contributed by atoms with van der Waals surface area (Å²) in [7, 11) is 0. The highest BCUT2D eigenvalue weighted by atomic mass is 32.1. The summed E-state index contributed by atoms with van der Waals surface area (Å²) in [6, 6.07) is 7.58. The van der Waals surface area contributed by atoms with Gasteiger partial charge in [0.15, 0.2) is 0 Å². The first-order valence-electron chi connectivity index (χ1n) is 4.97. The predicted octanol–water partition coefficient (Wildman–Crippen LogP) is 3.01. The Balaban J connectivity index is 2.22. The van der Waals surface area contributed by atoms with Gasteiger partial charge in [0, 0.05) is 11.9 Å². The second kappa shape index (κ2) is 4.45. The Morgan fingerprint density at radius 2 is 2.12 bits per heavy atom. The minimum absolute atomic E-state index is 0.101. The van der Waals surface area contributed by atoms with Crippen LogP contribution in [0.1, 0.15) is 20.8 Å². The van der Waals surface area contributed by atoms with Gasteiger partial charge in [0.2, 0.25) is 0 Å². The van der Waals surface area contributed by atoms with E-state index >= 15 is 0 Å². The minimum atomic E-state index is -0.101. The van der Waals surface area contributed by atoms with E-state index in [0.29, 0.717) is 4.88 Å². The van der Waals surface area contributed by atoms with Crippen LogP contribution < -0.4 is 5.32 Å². The number of carbonyl (C=O) groups excluding carboxylic acids is 1. The number of amides is 1. The van der Waals surface area contributed by atoms with Gasteiger partial charge in [-0.3, -0.25) is 4.79 Å². The number of aryl methyl sites for hydroxylation is 1. The van der Waals surface area contributed by atoms with Crippen molar-refractivity contribution in [3.05, 3.63) is 46.5 Å². The highest BCUT2D eigenvalue weighted by Gasteiger charge is 2.09. The molecule has 2 rings (SSSR count). The summed E-state index contributed by atoms with van der Waals surface area (Å²) >= 11 is 1.20. The summed E-state index contributed by atoms with van der Waals surface area (Å²) in [6.07, 6.45) is 1.63. The topological polar surface area (TPSA) is 42.0 Å². The molecule has 0 aliphatic rings. The number of anilines is 1. The molecule has 1 amide bonds. The van der Waals surface area contributed by atoms with E-state index < -0.39 is 0 Å². The molecule has 0 saturated carbocycles. The van der Waals surface area contributed by atoms with Crippen molar-refractivity contribution in [1.29, 1.82) is 0 Å². The fourth-order valence-electron chi connectivity index (χ4n) is 1.40. The average molecular weight is 232 g/mol. The Labute approximate surface area is 98.3 Å². The summed E-state index contributed by atoms with van der Waals surface area (Å²) < 4.78 is 3.91. The number of carbonyl (C=O) groups is 1. The zero-order valence-electron chi connectivity index (χ0n) is 9.15. The molecule has 1 heterocycles. The lowest BCUT2D eigenvalue weighted by molar-refractivity contribution is 0.103. The van der Waals surface area contributed by atoms with Crippen LogP contribution in [0.5, 0.6) is 0 Å². The van der Waals surface area contributed by atoms with Crippen LogP contribution in [0.3, 0.4) is 0 Å². The quantitative estimate of drug-likeness (QED) is 0.864. The number of hydrogen-bond acceptors (Lipinski definition) is 3. The van der Waals surface area contributed by atoms with E-state index in [1.165, 1.54) is 17.1 Å². The van der Waals surface area contributed by atoms with Gasteiger partial charge in [-0.25, -0.2) is 4.37 Å². The van der Waals surface area contributed by atoms with Gasteiger partial charge in [-0.05, 0) is 48.6 Å². The lowest BCUT2D eigenvalue weighted by Crippen LogP contribution is -2.11. The smallest absolute Gasteiger partial charge is 0.267 e. The van der Waals surface area contributed by atoms with E-state index in [0.717, 1.165) is 11.3 Å². The molecule has 3 nitrogen and oxygen atoms in total. The molecule has 82 valence electrons. The van der Waals surface area contributed by atoms with Crippen molar-refractivity contribution < 1.29 is 4.79 Å². The monoisotopic (exact) mass is 232 g/mol. The SMILES string of the molecule is Cc1cccc(NC(=O)c2ccns2)c1C. The molecule has 1 aromatic carbocycles. The molecule has 0 aliphatic heterocycles. The number of hydrogen-bond donors (Lipinski definition) is 1. The van der Waals surface area contributed by atoms with Crippen LogP contribution in [0.25, 0.3) is 0 Å². The Morgan fingerprint density at radius 1 is 1.31 bits per heavy atom. The molecule has 2 aromatic rings. The Hall–Kier alpha value is -1.68. The summed E-state index contributed by atoms with van der Waals surface area (Å²) in [6.45, 7) is 4.02. The molecular formula is C12H12N2OS. The van der Waals surface area contributed by atoms with Gasteiger partial charge in [0.25, 0.3) is 5.91 Å². The van der Waals surface area contributed by atoms with Gasteiger partial charge >= 0.3 is 0 Å². The van der Waals surface area contributed by atoms with Gasteiger partial charge in [-0.1, -0.05) is 12.1 Å². The number of benzene rings is 1. The highest BCUT2D eigenvalue weighted by Crippen LogP contribution is 2.19. The van der Waals surface area contributed by atoms with E-state index in [9.17, 15) is 4.79 Å². The number of aromatic nitrogens is 1. The van der Waals surface area contributed by atoms with Crippen LogP contribution in [0.2, 0.25) is 0 Å². The normalized spacial score (nSPS) is 10.1. The largest absolute Gasteiger partial charge is 0.321 e. The van der Waals surface area contributed by atoms with Crippen LogP contribution in [0, 0.1) is 13.8 Å². The van der Waals surface area contributed by atoms with Crippen molar-refractivity contribution in [2.45, 2.75) is 13.8 Å². The molecule has 0 spiro atoms. The predicted molar refractivity (Wildman–Crippen MR) is 66.0 cm³/mol. The Bertz CT molecular complexity index is 506. The summed E-state index contributed by atoms with van der Waals surface area (Å²) in [5, 5.41) is 2.88. The van der Waals surface area contributed by atoms with E-state index in [4.69, 9.17) is 0 Å². The molecule has 1 N–H and O–H groups in total. The maximum Gasteiger partial charge on any atom is 0.267 e. The highest BCUT2D eigenvalue weighted by molar-refractivity contribution is 7.08. The Morgan fingerprint density at radius 3 is 2.81 bits per heavy atom. The van der Waals surface area contributed by atoms with E-state index in [2.05, 4.69) is 9.69 Å². The van der Waals surface area contributed by atoms with Crippen LogP contribution in [0.15, 0.2) is 30.5 Å². The van der Waals surface area contributed by atoms with Gasteiger partial charge in [0.1, 0.15) is 4.88 Å². The molecule has 4 heteroatoms. The fourth-order valence-corrected chi connectivity index (χ4v) is 1.89. The minimum Gasteiger partial charge on any atom is -0.321 e. The van der Waals surface area contributed by atoms with Gasteiger partial charge in [-0.15, -0.1) is 0 Å². The van der Waals surface area contributed by atoms with Crippen LogP contribution >= 0.6 is 11.5 Å². The zero-order valence-corrected chi connectivity index (χ0v) is 9.97. The lowest BCUT2D eigenvalue weighted by atomic mass is 10.1. The summed E-state index contributed by atoms with van der Waals surface area (Å²) in [4.78, 5) is 12.4. The third kappa shape index (κ3) is 2.12. The maximum absolute atomic E-state index is 11.8. The maximum atomic E-state index is 11.8. The van der Waals surface area contributed by atoms with E-state index in [-0.39, 0.29) is 5.91 Å². The van der Waals surface area contributed by atoms with Crippen LogP contribution in [0.4, 0.5) is 5.69 Å². The second-order valence-corrected chi connectivity index (χ2v) is 4.41. The van der Waals surface area contributed by atoms with Crippen molar-refractivity contribution in [2.24, 2.45) is 0 Å². The van der Waals surface area contributed by atoms with Crippen LogP contribution in [-0.2, 0) is 0 Å². The molecule has 0 fully saturated rings. The molecule has 1 aromatic heterocycles. The molecule has 0 aliphatic carbocycles. The van der Waals surface area contributed by atoms with Crippen molar-refractivity contribution in [3.8, 4) is 0 Å². The Kier molecular flexibility index (Phi) is 3.01. The van der Waals surface area contributed by atoms with Gasteiger partial charge in [0.05, 0.1) is 0 Å². The third-order valence-corrected chi connectivity index (χ3v) is 3.26. The molecule has 0 radical (unpaired) electrons. The zero-order chi connectivity index (χ0) is 11.5. The summed E-state index contributed by atoms with van der Waals surface area (Å²) in [5.41, 5.74) is 3.13. The lowest BCUT2D eigenvalue weighted by Gasteiger charge is -2.08. The summed E-state index contributed by atoms with van der Waals surface area (Å²) in [5.74, 6) is -0.101. The van der Waals surface area contributed by atoms with Crippen LogP contribution in [-0.4, -0.2) is 10.3 Å². The second-order valence-electron chi connectivity index (χ2n) is 3.58. The first kappa shape index (κ1) is 10.8. The van der Waals surface area contributed by atoms with E-state index in [1.54, 1.807) is 12.3 Å². The van der Waals surface area contributed by atoms with Gasteiger partial charge < -0.3 is 5.32 Å².